The van der Waals surface area contributed by atoms with Crippen molar-refractivity contribution in [1.29, 1.82) is 0 Å². The van der Waals surface area contributed by atoms with Crippen molar-refractivity contribution in [2.75, 3.05) is 20.8 Å². The first-order valence-electron chi connectivity index (χ1n) is 10.00. The van der Waals surface area contributed by atoms with Crippen LogP contribution in [0.2, 0.25) is 0 Å². The van der Waals surface area contributed by atoms with Gasteiger partial charge in [-0.25, -0.2) is 0 Å². The van der Waals surface area contributed by atoms with Crippen LogP contribution in [0.3, 0.4) is 0 Å². The smallest absolute Gasteiger partial charge is 0.295 e. The van der Waals surface area contributed by atoms with Gasteiger partial charge in [0.15, 0.2) is 0 Å². The van der Waals surface area contributed by atoms with E-state index in [0.717, 1.165) is 18.4 Å². The van der Waals surface area contributed by atoms with Crippen LogP contribution in [0.15, 0.2) is 48.0 Å². The number of amides is 1. The molecule has 0 saturated carbocycles. The van der Waals surface area contributed by atoms with E-state index in [1.165, 1.54) is 12.0 Å². The van der Waals surface area contributed by atoms with Crippen LogP contribution < -0.4 is 9.47 Å². The minimum Gasteiger partial charge on any atom is -0.507 e. The molecule has 2 aromatic rings. The van der Waals surface area contributed by atoms with Crippen molar-refractivity contribution < 1.29 is 24.2 Å². The number of aliphatic hydroxyl groups is 1. The lowest BCUT2D eigenvalue weighted by atomic mass is 9.94. The molecule has 158 valence electrons. The predicted molar refractivity (Wildman–Crippen MR) is 115 cm³/mol. The maximum Gasteiger partial charge on any atom is 0.295 e. The molecule has 1 heterocycles. The number of hydrogen-bond acceptors (Lipinski definition) is 5. The molecule has 0 aromatic heterocycles. The van der Waals surface area contributed by atoms with Gasteiger partial charge in [-0.05, 0) is 25.5 Å². The van der Waals surface area contributed by atoms with E-state index in [9.17, 15) is 14.7 Å². The normalized spacial score (nSPS) is 18.0. The number of nitrogens with zero attached hydrogens (tertiary/aromatic N) is 1. The van der Waals surface area contributed by atoms with E-state index in [-0.39, 0.29) is 11.3 Å². The monoisotopic (exact) mass is 409 g/mol. The van der Waals surface area contributed by atoms with Gasteiger partial charge in [0.2, 0.25) is 0 Å². The first-order valence-corrected chi connectivity index (χ1v) is 10.00. The summed E-state index contributed by atoms with van der Waals surface area (Å²) in [4.78, 5) is 27.4. The van der Waals surface area contributed by atoms with E-state index in [1.807, 2.05) is 26.0 Å². The maximum atomic E-state index is 13.0. The van der Waals surface area contributed by atoms with Crippen molar-refractivity contribution >= 4 is 17.4 Å². The third-order valence-electron chi connectivity index (χ3n) is 5.35. The van der Waals surface area contributed by atoms with Crippen LogP contribution in [-0.2, 0) is 9.59 Å². The SMILES string of the molecule is CCCCN1C(=O)C(=O)/C(=C(/O)c2ccc(C)cc2)C1c1ccc(OC)cc1OC. The average Bonchev–Trinajstić information content (AvgIpc) is 3.01. The molecule has 1 atom stereocenters. The van der Waals surface area contributed by atoms with Crippen molar-refractivity contribution in [2.45, 2.75) is 32.7 Å². The number of ether oxygens (including phenoxy) is 2. The highest BCUT2D eigenvalue weighted by Crippen LogP contribution is 2.43. The van der Waals surface area contributed by atoms with Gasteiger partial charge in [0.05, 0.1) is 25.8 Å². The number of benzene rings is 2. The number of hydrogen-bond donors (Lipinski definition) is 1. The van der Waals surface area contributed by atoms with Crippen molar-refractivity contribution in [3.05, 3.63) is 64.7 Å². The molecule has 1 aliphatic heterocycles. The molecule has 0 bridgehead atoms. The van der Waals surface area contributed by atoms with Crippen molar-refractivity contribution in [2.24, 2.45) is 0 Å². The molecule has 0 aliphatic carbocycles. The fourth-order valence-corrected chi connectivity index (χ4v) is 3.67. The Morgan fingerprint density at radius 2 is 1.77 bits per heavy atom. The van der Waals surface area contributed by atoms with Gasteiger partial charge in [-0.15, -0.1) is 0 Å². The standard InChI is InChI=1S/C24H27NO5/c1-5-6-13-25-21(18-12-11-17(29-3)14-19(18)30-4)20(23(27)24(25)28)22(26)16-9-7-15(2)8-10-16/h7-12,14,21,26H,5-6,13H2,1-4H3/b22-20+. The van der Waals surface area contributed by atoms with Gasteiger partial charge in [0.1, 0.15) is 17.3 Å². The van der Waals surface area contributed by atoms with Gasteiger partial charge >= 0.3 is 0 Å². The van der Waals surface area contributed by atoms with Crippen LogP contribution in [0, 0.1) is 6.92 Å². The first-order chi connectivity index (χ1) is 14.4. The molecule has 0 spiro atoms. The Morgan fingerprint density at radius 3 is 2.37 bits per heavy atom. The van der Waals surface area contributed by atoms with Crippen LogP contribution in [-0.4, -0.2) is 42.5 Å². The summed E-state index contributed by atoms with van der Waals surface area (Å²) in [6.45, 7) is 4.37. The van der Waals surface area contributed by atoms with E-state index in [2.05, 4.69) is 0 Å². The van der Waals surface area contributed by atoms with Crippen LogP contribution in [0.1, 0.15) is 42.5 Å². The Balaban J connectivity index is 2.21. The van der Waals surface area contributed by atoms with Gasteiger partial charge in [0, 0.05) is 23.7 Å². The minimum absolute atomic E-state index is 0.0726. The van der Waals surface area contributed by atoms with E-state index < -0.39 is 17.7 Å². The van der Waals surface area contributed by atoms with Crippen molar-refractivity contribution in [3.63, 3.8) is 0 Å². The zero-order valence-electron chi connectivity index (χ0n) is 17.8. The van der Waals surface area contributed by atoms with Crippen molar-refractivity contribution in [3.8, 4) is 11.5 Å². The fourth-order valence-electron chi connectivity index (χ4n) is 3.67. The Morgan fingerprint density at radius 1 is 1.07 bits per heavy atom. The van der Waals surface area contributed by atoms with E-state index >= 15 is 0 Å². The quantitative estimate of drug-likeness (QED) is 0.421. The zero-order chi connectivity index (χ0) is 21.8. The molecule has 6 heteroatoms. The number of carbonyl (C=O) groups is 2. The van der Waals surface area contributed by atoms with E-state index in [4.69, 9.17) is 9.47 Å². The summed E-state index contributed by atoms with van der Waals surface area (Å²) in [5.74, 6) is -0.403. The number of ketones is 1. The van der Waals surface area contributed by atoms with Crippen LogP contribution >= 0.6 is 0 Å². The predicted octanol–water partition coefficient (Wildman–Crippen LogP) is 4.23. The highest BCUT2D eigenvalue weighted by atomic mass is 16.5. The zero-order valence-corrected chi connectivity index (χ0v) is 17.8. The number of aliphatic hydroxyl groups excluding tert-OH is 1. The molecule has 1 unspecified atom stereocenters. The number of Topliss-reactive ketones (excluding diaryl/α,β-unsaturated/α-hetero) is 1. The minimum atomic E-state index is -0.737. The summed E-state index contributed by atoms with van der Waals surface area (Å²) in [7, 11) is 3.08. The summed E-state index contributed by atoms with van der Waals surface area (Å²) < 4.78 is 10.8. The number of unbranched alkanes of at least 4 members (excludes halogenated alkanes) is 1. The summed E-state index contributed by atoms with van der Waals surface area (Å²) in [6, 6.07) is 11.7. The Hall–Kier alpha value is -3.28. The summed E-state index contributed by atoms with van der Waals surface area (Å²) >= 11 is 0. The molecule has 30 heavy (non-hydrogen) atoms. The first kappa shape index (κ1) is 21.4. The highest BCUT2D eigenvalue weighted by molar-refractivity contribution is 6.46. The lowest BCUT2D eigenvalue weighted by Crippen LogP contribution is -2.30. The molecule has 1 N–H and O–H groups in total. The third kappa shape index (κ3) is 3.90. The van der Waals surface area contributed by atoms with E-state index in [1.54, 1.807) is 37.4 Å². The highest BCUT2D eigenvalue weighted by Gasteiger charge is 2.46. The van der Waals surface area contributed by atoms with Crippen LogP contribution in [0.5, 0.6) is 11.5 Å². The maximum absolute atomic E-state index is 13.0. The lowest BCUT2D eigenvalue weighted by molar-refractivity contribution is -0.139. The van der Waals surface area contributed by atoms with Crippen LogP contribution in [0.25, 0.3) is 5.76 Å². The number of rotatable bonds is 7. The summed E-state index contributed by atoms with van der Waals surface area (Å²) in [5.41, 5.74) is 2.22. The second-order valence-corrected chi connectivity index (χ2v) is 7.32. The second-order valence-electron chi connectivity index (χ2n) is 7.32. The molecular formula is C24H27NO5. The molecule has 1 amide bonds. The fraction of sp³-hybridized carbons (Fsp3) is 0.333. The van der Waals surface area contributed by atoms with E-state index in [0.29, 0.717) is 29.2 Å². The molecule has 1 fully saturated rings. The molecule has 0 radical (unpaired) electrons. The average molecular weight is 409 g/mol. The Kier molecular flexibility index (Phi) is 6.45. The molecule has 2 aromatic carbocycles. The number of likely N-dealkylation sites (tertiary alicyclic amines) is 1. The topological polar surface area (TPSA) is 76.1 Å². The van der Waals surface area contributed by atoms with Gasteiger partial charge in [0.25, 0.3) is 11.7 Å². The molecule has 1 aliphatic rings. The Labute approximate surface area is 176 Å². The van der Waals surface area contributed by atoms with Gasteiger partial charge in [-0.1, -0.05) is 43.2 Å². The van der Waals surface area contributed by atoms with Crippen molar-refractivity contribution in [1.82, 2.24) is 4.90 Å². The van der Waals surface area contributed by atoms with Crippen LogP contribution in [0.4, 0.5) is 0 Å². The lowest BCUT2D eigenvalue weighted by Gasteiger charge is -2.26. The largest absolute Gasteiger partial charge is 0.507 e. The molecule has 6 nitrogen and oxygen atoms in total. The summed E-state index contributed by atoms with van der Waals surface area (Å²) in [5, 5.41) is 11.1. The van der Waals surface area contributed by atoms with Gasteiger partial charge in [-0.3, -0.25) is 9.59 Å². The molecular weight excluding hydrogens is 382 g/mol. The summed E-state index contributed by atoms with van der Waals surface area (Å²) in [6.07, 6.45) is 1.61. The molecule has 1 saturated heterocycles. The van der Waals surface area contributed by atoms with Gasteiger partial charge in [-0.2, -0.15) is 0 Å². The molecule has 3 rings (SSSR count). The third-order valence-corrected chi connectivity index (χ3v) is 5.35. The van der Waals surface area contributed by atoms with Gasteiger partial charge < -0.3 is 19.5 Å². The Bertz CT molecular complexity index is 978. The second kappa shape index (κ2) is 9.03. The number of aryl methyl sites for hydroxylation is 1. The number of carbonyl (C=O) groups excluding carboxylic acids is 2. The number of methoxy groups -OCH3 is 2.